The Labute approximate surface area is 138 Å². The number of piperidine rings is 1. The average Bonchev–Trinajstić information content (AvgIpc) is 2.55. The highest BCUT2D eigenvalue weighted by Gasteiger charge is 2.29. The molecule has 1 aromatic rings. The van der Waals surface area contributed by atoms with Crippen molar-refractivity contribution in [2.24, 2.45) is 5.73 Å². The summed E-state index contributed by atoms with van der Waals surface area (Å²) >= 11 is 0. The van der Waals surface area contributed by atoms with E-state index in [1.54, 1.807) is 18.2 Å². The molecule has 1 unspecified atom stereocenters. The largest absolute Gasteiger partial charge is 0.352 e. The normalized spacial score (nSPS) is 17.7. The molecule has 0 radical (unpaired) electrons. The van der Waals surface area contributed by atoms with Gasteiger partial charge in [-0.25, -0.2) is 8.42 Å². The molecule has 1 aliphatic rings. The van der Waals surface area contributed by atoms with E-state index in [1.165, 1.54) is 10.4 Å². The van der Waals surface area contributed by atoms with E-state index in [0.29, 0.717) is 26.1 Å². The van der Waals surface area contributed by atoms with Crippen molar-refractivity contribution >= 4 is 15.9 Å². The van der Waals surface area contributed by atoms with E-state index in [2.05, 4.69) is 5.32 Å². The van der Waals surface area contributed by atoms with Crippen molar-refractivity contribution in [2.45, 2.75) is 43.5 Å². The zero-order valence-electron chi connectivity index (χ0n) is 13.5. The molecule has 1 saturated heterocycles. The second-order valence-corrected chi connectivity index (χ2v) is 7.89. The van der Waals surface area contributed by atoms with Crippen LogP contribution < -0.4 is 11.1 Å². The van der Waals surface area contributed by atoms with E-state index >= 15 is 0 Å². The van der Waals surface area contributed by atoms with Gasteiger partial charge in [-0.15, -0.1) is 0 Å². The number of carbonyl (C=O) groups excluding carboxylic acids is 1. The van der Waals surface area contributed by atoms with Crippen molar-refractivity contribution in [1.82, 2.24) is 9.62 Å². The number of nitrogens with one attached hydrogen (secondary N) is 1. The van der Waals surface area contributed by atoms with Crippen LogP contribution in [0.5, 0.6) is 0 Å². The molecule has 1 aliphatic heterocycles. The van der Waals surface area contributed by atoms with Crippen LogP contribution in [-0.4, -0.2) is 44.3 Å². The number of nitrogens with zero attached hydrogens (tertiary/aromatic N) is 1. The average molecular weight is 339 g/mol. The van der Waals surface area contributed by atoms with Gasteiger partial charge in [0.25, 0.3) is 5.91 Å². The zero-order chi connectivity index (χ0) is 16.9. The first kappa shape index (κ1) is 17.9. The van der Waals surface area contributed by atoms with Crippen LogP contribution in [0, 0.1) is 0 Å². The Kier molecular flexibility index (Phi) is 6.15. The molecule has 3 N–H and O–H groups in total. The van der Waals surface area contributed by atoms with Crippen LogP contribution in [0.25, 0.3) is 0 Å². The third-order valence-corrected chi connectivity index (χ3v) is 5.91. The van der Waals surface area contributed by atoms with Gasteiger partial charge in [0.2, 0.25) is 10.0 Å². The van der Waals surface area contributed by atoms with E-state index in [1.807, 2.05) is 6.92 Å². The molecule has 1 fully saturated rings. The summed E-state index contributed by atoms with van der Waals surface area (Å²) in [7, 11) is -3.63. The Hall–Kier alpha value is -1.44. The van der Waals surface area contributed by atoms with E-state index in [9.17, 15) is 13.2 Å². The minimum Gasteiger partial charge on any atom is -0.352 e. The second kappa shape index (κ2) is 7.90. The van der Waals surface area contributed by atoms with Crippen LogP contribution in [0.15, 0.2) is 29.2 Å². The molecular weight excluding hydrogens is 314 g/mol. The Morgan fingerprint density at radius 3 is 2.57 bits per heavy atom. The zero-order valence-corrected chi connectivity index (χ0v) is 14.3. The number of hydrogen-bond donors (Lipinski definition) is 2. The number of benzene rings is 1. The van der Waals surface area contributed by atoms with Gasteiger partial charge in [0.05, 0.1) is 10.5 Å². The van der Waals surface area contributed by atoms with Gasteiger partial charge >= 0.3 is 0 Å². The smallest absolute Gasteiger partial charge is 0.252 e. The number of rotatable bonds is 6. The molecular formula is C16H25N3O3S. The molecule has 1 amide bonds. The van der Waals surface area contributed by atoms with Crippen molar-refractivity contribution in [2.75, 3.05) is 19.6 Å². The SMILES string of the molecule is CC(N)CCNC(=O)c1ccccc1S(=O)(=O)N1CCCCC1. The van der Waals surface area contributed by atoms with Gasteiger partial charge in [-0.1, -0.05) is 18.6 Å². The fourth-order valence-corrected chi connectivity index (χ4v) is 4.34. The number of nitrogens with two attached hydrogens (primary N) is 1. The van der Waals surface area contributed by atoms with Crippen LogP contribution in [0.4, 0.5) is 0 Å². The summed E-state index contributed by atoms with van der Waals surface area (Å²) in [6.45, 7) is 3.32. The fourth-order valence-electron chi connectivity index (χ4n) is 2.63. The molecule has 1 heterocycles. The number of hydrogen-bond acceptors (Lipinski definition) is 4. The van der Waals surface area contributed by atoms with Crippen LogP contribution in [0.1, 0.15) is 43.0 Å². The van der Waals surface area contributed by atoms with Crippen molar-refractivity contribution in [3.63, 3.8) is 0 Å². The molecule has 2 rings (SSSR count). The third kappa shape index (κ3) is 4.53. The fraction of sp³-hybridized carbons (Fsp3) is 0.562. The van der Waals surface area contributed by atoms with Gasteiger partial charge in [0.15, 0.2) is 0 Å². The Morgan fingerprint density at radius 1 is 1.26 bits per heavy atom. The minimum absolute atomic E-state index is 0.0115. The summed E-state index contributed by atoms with van der Waals surface area (Å²) in [5, 5.41) is 2.74. The summed E-state index contributed by atoms with van der Waals surface area (Å²) in [6.07, 6.45) is 3.42. The molecule has 1 atom stereocenters. The van der Waals surface area contributed by atoms with Crippen LogP contribution >= 0.6 is 0 Å². The maximum atomic E-state index is 12.8. The molecule has 7 heteroatoms. The highest BCUT2D eigenvalue weighted by atomic mass is 32.2. The van der Waals surface area contributed by atoms with Crippen molar-refractivity contribution in [1.29, 1.82) is 0 Å². The van der Waals surface area contributed by atoms with Gasteiger partial charge < -0.3 is 11.1 Å². The molecule has 128 valence electrons. The summed E-state index contributed by atoms with van der Waals surface area (Å²) < 4.78 is 27.1. The van der Waals surface area contributed by atoms with Gasteiger partial charge in [-0.05, 0) is 38.3 Å². The van der Waals surface area contributed by atoms with Crippen LogP contribution in [0.3, 0.4) is 0 Å². The van der Waals surface area contributed by atoms with E-state index in [4.69, 9.17) is 5.73 Å². The second-order valence-electron chi connectivity index (χ2n) is 5.98. The molecule has 0 saturated carbocycles. The minimum atomic E-state index is -3.63. The van der Waals surface area contributed by atoms with Crippen molar-refractivity contribution in [3.8, 4) is 0 Å². The summed E-state index contributed by atoms with van der Waals surface area (Å²) in [6, 6.07) is 6.37. The van der Waals surface area contributed by atoms with Gasteiger partial charge in [-0.2, -0.15) is 4.31 Å². The quantitative estimate of drug-likeness (QED) is 0.818. The molecule has 0 bridgehead atoms. The van der Waals surface area contributed by atoms with Gasteiger partial charge in [-0.3, -0.25) is 4.79 Å². The Morgan fingerprint density at radius 2 is 1.91 bits per heavy atom. The topological polar surface area (TPSA) is 92.5 Å². The molecule has 0 aromatic heterocycles. The third-order valence-electron chi connectivity index (χ3n) is 3.95. The predicted octanol–water partition coefficient (Wildman–Crippen LogP) is 1.33. The molecule has 0 spiro atoms. The number of sulfonamides is 1. The Bertz CT molecular complexity index is 638. The van der Waals surface area contributed by atoms with Crippen LogP contribution in [0.2, 0.25) is 0 Å². The summed E-state index contributed by atoms with van der Waals surface area (Å²) in [5.74, 6) is -0.373. The van der Waals surface area contributed by atoms with Crippen molar-refractivity contribution < 1.29 is 13.2 Å². The highest BCUT2D eigenvalue weighted by molar-refractivity contribution is 7.89. The molecule has 0 aliphatic carbocycles. The van der Waals surface area contributed by atoms with E-state index in [0.717, 1.165) is 19.3 Å². The van der Waals surface area contributed by atoms with E-state index in [-0.39, 0.29) is 22.4 Å². The lowest BCUT2D eigenvalue weighted by atomic mass is 10.2. The highest BCUT2D eigenvalue weighted by Crippen LogP contribution is 2.23. The first-order valence-electron chi connectivity index (χ1n) is 8.06. The summed E-state index contributed by atoms with van der Waals surface area (Å²) in [4.78, 5) is 12.4. The monoisotopic (exact) mass is 339 g/mol. The predicted molar refractivity (Wildman–Crippen MR) is 89.7 cm³/mol. The maximum Gasteiger partial charge on any atom is 0.252 e. The number of carbonyl (C=O) groups is 1. The van der Waals surface area contributed by atoms with Gasteiger partial charge in [0, 0.05) is 25.7 Å². The lowest BCUT2D eigenvalue weighted by Crippen LogP contribution is -2.37. The van der Waals surface area contributed by atoms with Crippen molar-refractivity contribution in [3.05, 3.63) is 29.8 Å². The lowest BCUT2D eigenvalue weighted by Gasteiger charge is -2.26. The lowest BCUT2D eigenvalue weighted by molar-refractivity contribution is 0.0949. The summed E-state index contributed by atoms with van der Waals surface area (Å²) in [5.41, 5.74) is 5.86. The first-order chi connectivity index (χ1) is 10.9. The molecule has 1 aromatic carbocycles. The van der Waals surface area contributed by atoms with Crippen LogP contribution in [-0.2, 0) is 10.0 Å². The first-order valence-corrected chi connectivity index (χ1v) is 9.50. The maximum absolute atomic E-state index is 12.8. The molecule has 6 nitrogen and oxygen atoms in total. The number of amides is 1. The molecule has 23 heavy (non-hydrogen) atoms. The Balaban J connectivity index is 2.21. The van der Waals surface area contributed by atoms with Gasteiger partial charge in [0.1, 0.15) is 0 Å². The standard InChI is InChI=1S/C16H25N3O3S/c1-13(17)9-10-18-16(20)14-7-3-4-8-15(14)23(21,22)19-11-5-2-6-12-19/h3-4,7-8,13H,2,5-6,9-12,17H2,1H3,(H,18,20). The van der Waals surface area contributed by atoms with E-state index < -0.39 is 10.0 Å².